The number of hydrogen-bond acceptors (Lipinski definition) is 5. The van der Waals surface area contributed by atoms with Crippen molar-refractivity contribution in [1.29, 1.82) is 0 Å². The molecule has 0 unspecified atom stereocenters. The van der Waals surface area contributed by atoms with Crippen LogP contribution in [0.1, 0.15) is 28.7 Å². The van der Waals surface area contributed by atoms with Crippen LogP contribution in [-0.4, -0.2) is 32.5 Å². The summed E-state index contributed by atoms with van der Waals surface area (Å²) < 4.78 is 46.8. The highest BCUT2D eigenvalue weighted by atomic mass is 19.4. The first-order valence-corrected chi connectivity index (χ1v) is 9.66. The average Bonchev–Trinajstić information content (AvgIpc) is 3.19. The molecule has 0 fully saturated rings. The fourth-order valence-corrected chi connectivity index (χ4v) is 3.19. The third-order valence-corrected chi connectivity index (χ3v) is 4.85. The molecule has 2 aromatic carbocycles. The van der Waals surface area contributed by atoms with Crippen molar-refractivity contribution in [2.45, 2.75) is 19.5 Å². The summed E-state index contributed by atoms with van der Waals surface area (Å²) in [5.41, 5.74) is 1.82. The minimum absolute atomic E-state index is 0.0877. The molecule has 0 atom stereocenters. The largest absolute Gasteiger partial charge is 0.497 e. The van der Waals surface area contributed by atoms with E-state index in [9.17, 15) is 18.0 Å². The van der Waals surface area contributed by atoms with Gasteiger partial charge in [0.25, 0.3) is 5.91 Å². The lowest BCUT2D eigenvalue weighted by Crippen LogP contribution is -2.16. The Hall–Kier alpha value is -3.95. The van der Waals surface area contributed by atoms with Gasteiger partial charge in [0.05, 0.1) is 30.5 Å². The van der Waals surface area contributed by atoms with Gasteiger partial charge in [0.2, 0.25) is 5.82 Å². The van der Waals surface area contributed by atoms with Crippen LogP contribution in [0.2, 0.25) is 0 Å². The first kappa shape index (κ1) is 21.3. The Kier molecular flexibility index (Phi) is 5.52. The fraction of sp³-hybridized carbons (Fsp3) is 0.182. The Morgan fingerprint density at radius 3 is 2.44 bits per heavy atom. The summed E-state index contributed by atoms with van der Waals surface area (Å²) in [6, 6.07) is 11.5. The van der Waals surface area contributed by atoms with Gasteiger partial charge in [-0.05, 0) is 36.2 Å². The molecule has 7 nitrogen and oxygen atoms in total. The number of carbonyl (C=O) groups is 1. The third kappa shape index (κ3) is 4.11. The molecule has 4 rings (SSSR count). The summed E-state index contributed by atoms with van der Waals surface area (Å²) in [5.74, 6) is -1.13. The number of methoxy groups -OCH3 is 1. The lowest BCUT2D eigenvalue weighted by molar-refractivity contribution is -0.145. The molecule has 0 spiro atoms. The van der Waals surface area contributed by atoms with Crippen molar-refractivity contribution < 1.29 is 22.7 Å². The lowest BCUT2D eigenvalue weighted by Gasteiger charge is -2.11. The summed E-state index contributed by atoms with van der Waals surface area (Å²) >= 11 is 0. The summed E-state index contributed by atoms with van der Waals surface area (Å²) in [6.07, 6.45) is -1.52. The zero-order valence-electron chi connectivity index (χ0n) is 17.1. The number of carbonyl (C=O) groups excluding carboxylic acids is 1. The number of amides is 1. The monoisotopic (exact) mass is 441 g/mol. The predicted octanol–water partition coefficient (Wildman–Crippen LogP) is 4.66. The Bertz CT molecular complexity index is 1270. The fourth-order valence-electron chi connectivity index (χ4n) is 3.19. The molecule has 0 aliphatic carbocycles. The van der Waals surface area contributed by atoms with E-state index in [0.29, 0.717) is 11.3 Å². The molecule has 0 saturated carbocycles. The molecule has 2 heterocycles. The Morgan fingerprint density at radius 1 is 1.09 bits per heavy atom. The first-order chi connectivity index (χ1) is 15.3. The number of imidazole rings is 1. The number of benzene rings is 2. The van der Waals surface area contributed by atoms with Crippen LogP contribution in [0.5, 0.6) is 5.75 Å². The van der Waals surface area contributed by atoms with Gasteiger partial charge in [0.15, 0.2) is 11.6 Å². The van der Waals surface area contributed by atoms with E-state index >= 15 is 0 Å². The first-order valence-electron chi connectivity index (χ1n) is 9.66. The number of anilines is 1. The van der Waals surface area contributed by atoms with E-state index in [1.54, 1.807) is 12.1 Å². The van der Waals surface area contributed by atoms with Crippen LogP contribution in [0.25, 0.3) is 16.9 Å². The van der Waals surface area contributed by atoms with Crippen molar-refractivity contribution in [1.82, 2.24) is 19.5 Å². The van der Waals surface area contributed by atoms with Gasteiger partial charge in [-0.15, -0.1) is 0 Å². The van der Waals surface area contributed by atoms with Crippen LogP contribution in [-0.2, 0) is 12.6 Å². The molecule has 0 radical (unpaired) electrons. The Balaban J connectivity index is 1.65. The number of nitrogens with one attached hydrogen (secondary N) is 1. The molecule has 32 heavy (non-hydrogen) atoms. The van der Waals surface area contributed by atoms with E-state index in [1.807, 2.05) is 19.1 Å². The van der Waals surface area contributed by atoms with Gasteiger partial charge in [0, 0.05) is 11.6 Å². The van der Waals surface area contributed by atoms with Crippen molar-refractivity contribution in [2.75, 3.05) is 12.4 Å². The van der Waals surface area contributed by atoms with Gasteiger partial charge in [-0.1, -0.05) is 19.1 Å². The van der Waals surface area contributed by atoms with Crippen LogP contribution < -0.4 is 10.1 Å². The maximum Gasteiger partial charge on any atom is 0.450 e. The van der Waals surface area contributed by atoms with Crippen LogP contribution in [0.3, 0.4) is 0 Å². The number of aryl methyl sites for hydroxylation is 1. The molecule has 164 valence electrons. The topological polar surface area (TPSA) is 81.9 Å². The zero-order valence-corrected chi connectivity index (χ0v) is 17.1. The van der Waals surface area contributed by atoms with Gasteiger partial charge < -0.3 is 10.1 Å². The molecule has 0 saturated heterocycles. The van der Waals surface area contributed by atoms with Crippen molar-refractivity contribution in [2.24, 2.45) is 0 Å². The van der Waals surface area contributed by atoms with Gasteiger partial charge in [-0.2, -0.15) is 13.2 Å². The molecule has 2 aromatic heterocycles. The standard InChI is InChI=1S/C22H18F3N5O2/c1-3-13-4-6-14(7-5-13)20(31)29-18-11-27-19(12-26-18)30-17-9-8-15(32-2)10-16(17)28-21(30)22(23,24)25/h4-12H,3H2,1-2H3,(H,26,29,31). The average molecular weight is 441 g/mol. The quantitative estimate of drug-likeness (QED) is 0.487. The molecular weight excluding hydrogens is 423 g/mol. The molecule has 0 bridgehead atoms. The smallest absolute Gasteiger partial charge is 0.450 e. The van der Waals surface area contributed by atoms with Crippen LogP contribution in [0, 0.1) is 0 Å². The number of halogens is 3. The van der Waals surface area contributed by atoms with E-state index in [-0.39, 0.29) is 22.7 Å². The highest BCUT2D eigenvalue weighted by molar-refractivity contribution is 6.03. The second-order valence-electron chi connectivity index (χ2n) is 6.89. The second kappa shape index (κ2) is 8.29. The number of nitrogens with zero attached hydrogens (tertiary/aromatic N) is 4. The van der Waals surface area contributed by atoms with Crippen LogP contribution in [0.4, 0.5) is 19.0 Å². The number of rotatable bonds is 5. The number of alkyl halides is 3. The lowest BCUT2D eigenvalue weighted by atomic mass is 10.1. The summed E-state index contributed by atoms with van der Waals surface area (Å²) in [4.78, 5) is 24.2. The van der Waals surface area contributed by atoms with E-state index in [1.165, 1.54) is 31.5 Å². The third-order valence-electron chi connectivity index (χ3n) is 4.85. The molecule has 0 aliphatic rings. The molecule has 1 N–H and O–H groups in total. The maximum absolute atomic E-state index is 13.6. The van der Waals surface area contributed by atoms with Crippen LogP contribution >= 0.6 is 0 Å². The van der Waals surface area contributed by atoms with Crippen molar-refractivity contribution in [3.63, 3.8) is 0 Å². The van der Waals surface area contributed by atoms with E-state index in [4.69, 9.17) is 4.74 Å². The number of fused-ring (bicyclic) bond motifs is 1. The van der Waals surface area contributed by atoms with E-state index in [0.717, 1.165) is 22.7 Å². The van der Waals surface area contributed by atoms with Crippen molar-refractivity contribution >= 4 is 22.8 Å². The number of hydrogen-bond donors (Lipinski definition) is 1. The molecule has 4 aromatic rings. The highest BCUT2D eigenvalue weighted by Crippen LogP contribution is 2.34. The minimum atomic E-state index is -4.72. The van der Waals surface area contributed by atoms with Gasteiger partial charge in [-0.3, -0.25) is 9.36 Å². The van der Waals surface area contributed by atoms with E-state index < -0.39 is 17.9 Å². The van der Waals surface area contributed by atoms with Crippen molar-refractivity contribution in [3.8, 4) is 11.6 Å². The minimum Gasteiger partial charge on any atom is -0.497 e. The normalized spacial score (nSPS) is 11.5. The number of aromatic nitrogens is 4. The second-order valence-corrected chi connectivity index (χ2v) is 6.89. The SMILES string of the molecule is CCc1ccc(C(=O)Nc2cnc(-n3c(C(F)(F)F)nc4cc(OC)ccc43)cn2)cc1. The summed E-state index contributed by atoms with van der Waals surface area (Å²) in [5, 5.41) is 2.59. The van der Waals surface area contributed by atoms with Gasteiger partial charge >= 0.3 is 6.18 Å². The number of ether oxygens (including phenoxy) is 1. The summed E-state index contributed by atoms with van der Waals surface area (Å²) in [7, 11) is 1.42. The highest BCUT2D eigenvalue weighted by Gasteiger charge is 2.38. The van der Waals surface area contributed by atoms with Crippen molar-refractivity contribution in [3.05, 3.63) is 71.8 Å². The zero-order chi connectivity index (χ0) is 22.9. The van der Waals surface area contributed by atoms with E-state index in [2.05, 4.69) is 20.3 Å². The Morgan fingerprint density at radius 2 is 1.84 bits per heavy atom. The molecule has 10 heteroatoms. The Labute approximate surface area is 180 Å². The summed E-state index contributed by atoms with van der Waals surface area (Å²) in [6.45, 7) is 2.01. The van der Waals surface area contributed by atoms with Crippen LogP contribution in [0.15, 0.2) is 54.9 Å². The molecule has 0 aliphatic heterocycles. The van der Waals surface area contributed by atoms with Gasteiger partial charge in [0.1, 0.15) is 5.75 Å². The molecular formula is C22H18F3N5O2. The predicted molar refractivity (Wildman–Crippen MR) is 112 cm³/mol. The maximum atomic E-state index is 13.6. The van der Waals surface area contributed by atoms with Gasteiger partial charge in [-0.25, -0.2) is 15.0 Å². The molecule has 1 amide bonds.